The van der Waals surface area contributed by atoms with Crippen molar-refractivity contribution in [2.45, 2.75) is 13.3 Å². The molecule has 9 heteroatoms. The van der Waals surface area contributed by atoms with Gasteiger partial charge in [-0.05, 0) is 36.6 Å². The first-order chi connectivity index (χ1) is 7.66. The Morgan fingerprint density at radius 3 is 1.94 bits per heavy atom. The van der Waals surface area contributed by atoms with Crippen molar-refractivity contribution in [3.05, 3.63) is 23.3 Å². The molecule has 0 spiro atoms. The molecule has 0 fully saturated rings. The standard InChI is InChI=1S/C9H14N2O.H2O4S.H2O/c1-6-7(4-5-12)9(11)3-2-8(6)10;1-5(2,3)4;/h2-3,12H,4-5,10-11H2,1H3;(H2,1,2,3,4);1H2. The number of aliphatic hydroxyl groups excluding tert-OH is 1. The Labute approximate surface area is 105 Å². The number of nitrogens with two attached hydrogens (primary N) is 2. The Bertz CT molecular complexity index is 466. The van der Waals surface area contributed by atoms with Gasteiger partial charge >= 0.3 is 10.4 Å². The van der Waals surface area contributed by atoms with E-state index in [1.54, 1.807) is 12.1 Å². The lowest BCUT2D eigenvalue weighted by Crippen LogP contribution is -2.03. The number of nitrogen functional groups attached to an aromatic ring is 2. The monoisotopic (exact) mass is 282 g/mol. The highest BCUT2D eigenvalue weighted by Gasteiger charge is 2.04. The first-order valence-corrected chi connectivity index (χ1v) is 6.00. The lowest BCUT2D eigenvalue weighted by Gasteiger charge is -2.09. The van der Waals surface area contributed by atoms with Crippen molar-refractivity contribution >= 4 is 21.8 Å². The predicted octanol–water partition coefficient (Wildman–Crippen LogP) is -0.783. The van der Waals surface area contributed by atoms with Crippen LogP contribution in [0.3, 0.4) is 0 Å². The molecule has 0 atom stereocenters. The molecule has 0 saturated carbocycles. The van der Waals surface area contributed by atoms with E-state index in [4.69, 9.17) is 34.1 Å². The molecule has 9 N–H and O–H groups in total. The number of anilines is 2. The van der Waals surface area contributed by atoms with Gasteiger partial charge in [0, 0.05) is 18.0 Å². The summed E-state index contributed by atoms with van der Waals surface area (Å²) in [7, 11) is -4.67. The van der Waals surface area contributed by atoms with Crippen molar-refractivity contribution in [2.24, 2.45) is 0 Å². The van der Waals surface area contributed by atoms with Gasteiger partial charge in [0.2, 0.25) is 0 Å². The SMILES string of the molecule is Cc1c(N)ccc(N)c1CCO.O.O=S(=O)(O)O. The Balaban J connectivity index is 0. The normalized spacial score (nSPS) is 10.0. The second-order valence-electron chi connectivity index (χ2n) is 3.27. The summed E-state index contributed by atoms with van der Waals surface area (Å²) in [6.45, 7) is 2.02. The molecule has 0 aliphatic rings. The smallest absolute Gasteiger partial charge is 0.394 e. The van der Waals surface area contributed by atoms with Crippen molar-refractivity contribution in [1.29, 1.82) is 0 Å². The summed E-state index contributed by atoms with van der Waals surface area (Å²) in [5.41, 5.74) is 14.8. The maximum absolute atomic E-state index is 8.76. The quantitative estimate of drug-likeness (QED) is 0.348. The zero-order valence-corrected chi connectivity index (χ0v) is 10.6. The van der Waals surface area contributed by atoms with Gasteiger partial charge in [0.05, 0.1) is 0 Å². The van der Waals surface area contributed by atoms with E-state index in [1.807, 2.05) is 6.92 Å². The van der Waals surface area contributed by atoms with Gasteiger partial charge in [-0.1, -0.05) is 0 Å². The van der Waals surface area contributed by atoms with Crippen LogP contribution in [-0.4, -0.2) is 34.7 Å². The molecule has 0 unspecified atom stereocenters. The molecule has 1 aromatic rings. The molecule has 0 radical (unpaired) electrons. The summed E-state index contributed by atoms with van der Waals surface area (Å²) in [5.74, 6) is 0. The van der Waals surface area contributed by atoms with Crippen molar-refractivity contribution in [1.82, 2.24) is 0 Å². The van der Waals surface area contributed by atoms with E-state index in [-0.39, 0.29) is 12.1 Å². The molecule has 1 rings (SSSR count). The van der Waals surface area contributed by atoms with Crippen LogP contribution in [0.5, 0.6) is 0 Å². The second-order valence-corrected chi connectivity index (χ2v) is 4.16. The van der Waals surface area contributed by atoms with Crippen LogP contribution in [0.25, 0.3) is 0 Å². The third kappa shape index (κ3) is 7.81. The summed E-state index contributed by atoms with van der Waals surface area (Å²) in [4.78, 5) is 0. The molecular weight excluding hydrogens is 264 g/mol. The molecule has 0 aliphatic heterocycles. The molecular formula is C9H18N2O6S. The zero-order valence-electron chi connectivity index (χ0n) is 9.79. The number of rotatable bonds is 2. The van der Waals surface area contributed by atoms with Crippen LogP contribution >= 0.6 is 0 Å². The highest BCUT2D eigenvalue weighted by Crippen LogP contribution is 2.22. The highest BCUT2D eigenvalue weighted by molar-refractivity contribution is 7.79. The van der Waals surface area contributed by atoms with E-state index >= 15 is 0 Å². The average Bonchev–Trinajstić information content (AvgIpc) is 2.16. The van der Waals surface area contributed by atoms with Gasteiger partial charge in [0.1, 0.15) is 0 Å². The predicted molar refractivity (Wildman–Crippen MR) is 68.6 cm³/mol. The van der Waals surface area contributed by atoms with E-state index in [0.29, 0.717) is 12.1 Å². The van der Waals surface area contributed by atoms with Gasteiger partial charge in [-0.3, -0.25) is 9.11 Å². The molecule has 0 amide bonds. The molecule has 0 bridgehead atoms. The van der Waals surface area contributed by atoms with E-state index in [0.717, 1.165) is 16.8 Å². The van der Waals surface area contributed by atoms with Gasteiger partial charge in [0.15, 0.2) is 0 Å². The average molecular weight is 282 g/mol. The summed E-state index contributed by atoms with van der Waals surface area (Å²) >= 11 is 0. The molecule has 18 heavy (non-hydrogen) atoms. The van der Waals surface area contributed by atoms with Crippen molar-refractivity contribution in [3.63, 3.8) is 0 Å². The van der Waals surface area contributed by atoms with Crippen molar-refractivity contribution in [2.75, 3.05) is 18.1 Å². The first kappa shape index (κ1) is 19.0. The minimum absolute atomic E-state index is 0. The number of benzene rings is 1. The van der Waals surface area contributed by atoms with Crippen molar-refractivity contribution in [3.8, 4) is 0 Å². The van der Waals surface area contributed by atoms with E-state index in [1.165, 1.54) is 0 Å². The maximum atomic E-state index is 8.76. The Hall–Kier alpha value is -1.39. The van der Waals surface area contributed by atoms with Gasteiger partial charge in [0.25, 0.3) is 0 Å². The van der Waals surface area contributed by atoms with Gasteiger partial charge in [-0.2, -0.15) is 8.42 Å². The van der Waals surface area contributed by atoms with Crippen molar-refractivity contribution < 1.29 is 28.1 Å². The topological polar surface area (TPSA) is 178 Å². The third-order valence-corrected chi connectivity index (χ3v) is 2.04. The Morgan fingerprint density at radius 2 is 1.56 bits per heavy atom. The summed E-state index contributed by atoms with van der Waals surface area (Å²) < 4.78 is 31.6. The van der Waals surface area contributed by atoms with Crippen LogP contribution in [0.1, 0.15) is 11.1 Å². The molecule has 0 aliphatic carbocycles. The minimum Gasteiger partial charge on any atom is -0.412 e. The summed E-state index contributed by atoms with van der Waals surface area (Å²) in [6.07, 6.45) is 0.572. The largest absolute Gasteiger partial charge is 0.412 e. The van der Waals surface area contributed by atoms with E-state index in [9.17, 15) is 0 Å². The fourth-order valence-corrected chi connectivity index (χ4v) is 1.24. The zero-order chi connectivity index (χ0) is 13.6. The maximum Gasteiger partial charge on any atom is 0.394 e. The molecule has 0 aromatic heterocycles. The van der Waals surface area contributed by atoms with E-state index < -0.39 is 10.4 Å². The lowest BCUT2D eigenvalue weighted by molar-refractivity contribution is 0.299. The number of aliphatic hydroxyl groups is 1. The molecule has 106 valence electrons. The number of hydrogen-bond donors (Lipinski definition) is 5. The fourth-order valence-electron chi connectivity index (χ4n) is 1.24. The Kier molecular flexibility index (Phi) is 8.26. The van der Waals surface area contributed by atoms with Crippen LogP contribution < -0.4 is 11.5 Å². The van der Waals surface area contributed by atoms with Crippen LogP contribution in [0.4, 0.5) is 11.4 Å². The lowest BCUT2D eigenvalue weighted by atomic mass is 10.0. The minimum atomic E-state index is -4.67. The molecule has 8 nitrogen and oxygen atoms in total. The van der Waals surface area contributed by atoms with Crippen LogP contribution in [0.2, 0.25) is 0 Å². The molecule has 1 aromatic carbocycles. The van der Waals surface area contributed by atoms with Crippen LogP contribution in [0, 0.1) is 6.92 Å². The molecule has 0 saturated heterocycles. The second kappa shape index (κ2) is 7.84. The summed E-state index contributed by atoms with van der Waals surface area (Å²) in [6, 6.07) is 3.55. The Morgan fingerprint density at radius 1 is 1.17 bits per heavy atom. The highest BCUT2D eigenvalue weighted by atomic mass is 32.3. The van der Waals surface area contributed by atoms with Gasteiger partial charge < -0.3 is 22.1 Å². The summed E-state index contributed by atoms with van der Waals surface area (Å²) in [5, 5.41) is 8.76. The van der Waals surface area contributed by atoms with E-state index in [2.05, 4.69) is 0 Å². The fraction of sp³-hybridized carbons (Fsp3) is 0.333. The van der Waals surface area contributed by atoms with Crippen LogP contribution in [0.15, 0.2) is 12.1 Å². The van der Waals surface area contributed by atoms with Gasteiger partial charge in [-0.25, -0.2) is 0 Å². The number of hydrogen-bond acceptors (Lipinski definition) is 5. The van der Waals surface area contributed by atoms with Crippen LogP contribution in [-0.2, 0) is 16.8 Å². The van der Waals surface area contributed by atoms with Gasteiger partial charge in [-0.15, -0.1) is 0 Å². The molecule has 0 heterocycles. The first-order valence-electron chi connectivity index (χ1n) is 4.61. The third-order valence-electron chi connectivity index (χ3n) is 2.04.